The van der Waals surface area contributed by atoms with E-state index in [4.69, 9.17) is 0 Å². The molecule has 3 nitrogen and oxygen atoms in total. The summed E-state index contributed by atoms with van der Waals surface area (Å²) in [6.45, 7) is 0. The Hall–Kier alpha value is -10.7. The average Bonchev–Trinajstić information content (AvgIpc) is 2.34. The first-order valence-electron chi connectivity index (χ1n) is 28.8. The normalized spacial score (nSPS) is 13.3. The number of aromatic nitrogens is 1. The number of nitrogens with zero attached hydrogens (tertiary/aromatic N) is 3. The summed E-state index contributed by atoms with van der Waals surface area (Å²) in [5, 5.41) is 2.33. The van der Waals surface area contributed by atoms with E-state index in [0.717, 1.165) is 56.2 Å². The van der Waals surface area contributed by atoms with Gasteiger partial charge in [-0.15, -0.1) is 0 Å². The SMILES string of the molecule is c1ccc(N(c2ccc3c(c2)C(c2ccccc2)(c2ccccc2)c2ccccc2-3)c2cc(N(c3ccccc3)c3ccc4c(c3)-c3ccccc3C4(c3ccccc3)c3ccccc3)c3c4ccccc4n(-c4ccccc4)c3c2)cc1. The molecule has 0 radical (unpaired) electrons. The Kier molecular flexibility index (Phi) is 11.3. The van der Waals surface area contributed by atoms with Gasteiger partial charge in [0.05, 0.1) is 33.2 Å². The van der Waals surface area contributed by atoms with Crippen molar-refractivity contribution in [3.63, 3.8) is 0 Å². The molecule has 0 fully saturated rings. The third-order valence-corrected chi connectivity index (χ3v) is 17.7. The first-order valence-corrected chi connectivity index (χ1v) is 28.8. The maximum Gasteiger partial charge on any atom is 0.0714 e. The molecule has 0 unspecified atom stereocenters. The lowest BCUT2D eigenvalue weighted by molar-refractivity contribution is 0.768. The van der Waals surface area contributed by atoms with Crippen LogP contribution in [0.25, 0.3) is 49.7 Å². The Balaban J connectivity index is 0.994. The topological polar surface area (TPSA) is 11.4 Å². The van der Waals surface area contributed by atoms with Gasteiger partial charge in [-0.25, -0.2) is 0 Å². The molecule has 3 heteroatoms. The fourth-order valence-corrected chi connectivity index (χ4v) is 14.4. The number of hydrogen-bond acceptors (Lipinski definition) is 2. The Morgan fingerprint density at radius 3 is 1.22 bits per heavy atom. The fraction of sp³-hybridized carbons (Fsp3) is 0.0250. The maximum atomic E-state index is 2.51. The molecule has 13 aromatic carbocycles. The van der Waals surface area contributed by atoms with Crippen LogP contribution in [0.3, 0.4) is 0 Å². The van der Waals surface area contributed by atoms with Crippen LogP contribution in [0, 0.1) is 0 Å². The molecule has 83 heavy (non-hydrogen) atoms. The largest absolute Gasteiger partial charge is 0.310 e. The van der Waals surface area contributed by atoms with Gasteiger partial charge >= 0.3 is 0 Å². The highest BCUT2D eigenvalue weighted by atomic mass is 15.2. The molecule has 2 aliphatic rings. The van der Waals surface area contributed by atoms with Gasteiger partial charge in [0.2, 0.25) is 0 Å². The van der Waals surface area contributed by atoms with Crippen molar-refractivity contribution in [2.45, 2.75) is 10.8 Å². The third-order valence-electron chi connectivity index (χ3n) is 17.7. The summed E-state index contributed by atoms with van der Waals surface area (Å²) in [6, 6.07) is 124. The first-order chi connectivity index (χ1) is 41.2. The predicted molar refractivity (Wildman–Crippen MR) is 345 cm³/mol. The van der Waals surface area contributed by atoms with Gasteiger partial charge in [-0.05, 0) is 146 Å². The quantitative estimate of drug-likeness (QED) is 0.128. The minimum atomic E-state index is -0.587. The van der Waals surface area contributed by atoms with Gasteiger partial charge in [-0.1, -0.05) is 255 Å². The van der Waals surface area contributed by atoms with Crippen molar-refractivity contribution >= 4 is 55.9 Å². The van der Waals surface area contributed by atoms with E-state index in [0.29, 0.717) is 0 Å². The van der Waals surface area contributed by atoms with Crippen molar-refractivity contribution < 1.29 is 0 Å². The Labute approximate surface area is 484 Å². The van der Waals surface area contributed by atoms with E-state index in [9.17, 15) is 0 Å². The zero-order valence-electron chi connectivity index (χ0n) is 45.6. The van der Waals surface area contributed by atoms with Crippen LogP contribution in [0.5, 0.6) is 0 Å². The van der Waals surface area contributed by atoms with E-state index >= 15 is 0 Å². The third kappa shape index (κ3) is 7.31. The number of benzene rings is 13. The fourth-order valence-electron chi connectivity index (χ4n) is 14.4. The highest BCUT2D eigenvalue weighted by molar-refractivity contribution is 6.18. The van der Waals surface area contributed by atoms with Crippen LogP contribution in [0.2, 0.25) is 0 Å². The van der Waals surface area contributed by atoms with E-state index in [-0.39, 0.29) is 0 Å². The molecule has 0 N–H and O–H groups in total. The summed E-state index contributed by atoms with van der Waals surface area (Å²) in [5.74, 6) is 0. The number of hydrogen-bond donors (Lipinski definition) is 0. The standard InChI is InChI=1S/C80H55N3/c1-8-28-56(29-9-1)79(57-30-10-2-11-31-57)72-46-26-23-43-67(72)70-52-63(49-51-73(70)79)82(61-38-18-6-19-39-61)76-54-65(55-77-78(76)69-44-24-27-47-75(69)83(77)62-40-20-7-21-41-62)81(60-36-16-5-17-37-60)64-48-50-68-66-42-22-25-45-71(66)80(74(68)53-64,58-32-12-3-13-33-58)59-34-14-4-15-35-59/h1-55H. The van der Waals surface area contributed by atoms with Crippen LogP contribution in [-0.4, -0.2) is 4.57 Å². The second-order valence-electron chi connectivity index (χ2n) is 21.9. The zero-order chi connectivity index (χ0) is 54.9. The summed E-state index contributed by atoms with van der Waals surface area (Å²) in [5.41, 5.74) is 23.5. The van der Waals surface area contributed by atoms with Crippen molar-refractivity contribution in [1.29, 1.82) is 0 Å². The number of anilines is 6. The van der Waals surface area contributed by atoms with E-state index in [1.165, 1.54) is 72.1 Å². The van der Waals surface area contributed by atoms with Gasteiger partial charge in [-0.3, -0.25) is 0 Å². The monoisotopic (exact) mass is 1060 g/mol. The van der Waals surface area contributed by atoms with Crippen LogP contribution in [0.4, 0.5) is 34.1 Å². The van der Waals surface area contributed by atoms with E-state index in [1.807, 2.05) is 0 Å². The second kappa shape index (κ2) is 19.5. The molecule has 390 valence electrons. The predicted octanol–water partition coefficient (Wildman–Crippen LogP) is 20.4. The lowest BCUT2D eigenvalue weighted by Gasteiger charge is -2.35. The lowest BCUT2D eigenvalue weighted by atomic mass is 9.67. The van der Waals surface area contributed by atoms with Gasteiger partial charge in [0.15, 0.2) is 0 Å². The van der Waals surface area contributed by atoms with Crippen LogP contribution < -0.4 is 9.80 Å². The minimum Gasteiger partial charge on any atom is -0.310 e. The van der Waals surface area contributed by atoms with E-state index in [1.54, 1.807) is 0 Å². The Morgan fingerprint density at radius 1 is 0.241 bits per heavy atom. The smallest absolute Gasteiger partial charge is 0.0714 e. The van der Waals surface area contributed by atoms with Gasteiger partial charge in [0.1, 0.15) is 0 Å². The van der Waals surface area contributed by atoms with Crippen LogP contribution in [0.1, 0.15) is 44.5 Å². The van der Waals surface area contributed by atoms with E-state index < -0.39 is 10.8 Å². The molecule has 2 aliphatic carbocycles. The number of fused-ring (bicyclic) bond motifs is 9. The first kappa shape index (κ1) is 48.2. The molecule has 0 spiro atoms. The molecule has 0 bridgehead atoms. The molecule has 16 rings (SSSR count). The molecule has 1 heterocycles. The van der Waals surface area contributed by atoms with Crippen LogP contribution in [0.15, 0.2) is 334 Å². The number of para-hydroxylation sites is 4. The molecule has 0 aliphatic heterocycles. The van der Waals surface area contributed by atoms with Crippen molar-refractivity contribution in [2.75, 3.05) is 9.80 Å². The van der Waals surface area contributed by atoms with Gasteiger partial charge in [0, 0.05) is 39.2 Å². The van der Waals surface area contributed by atoms with Crippen molar-refractivity contribution in [3.8, 4) is 27.9 Å². The Bertz CT molecular complexity index is 4630. The second-order valence-corrected chi connectivity index (χ2v) is 21.9. The van der Waals surface area contributed by atoms with Crippen molar-refractivity contribution in [1.82, 2.24) is 4.57 Å². The summed E-state index contributed by atoms with van der Waals surface area (Å²) in [7, 11) is 0. The molecule has 1 aromatic heterocycles. The van der Waals surface area contributed by atoms with Crippen molar-refractivity contribution in [2.24, 2.45) is 0 Å². The van der Waals surface area contributed by atoms with Crippen molar-refractivity contribution in [3.05, 3.63) is 378 Å². The molecular formula is C80H55N3. The zero-order valence-corrected chi connectivity index (χ0v) is 45.6. The molecule has 0 saturated carbocycles. The molecule has 14 aromatic rings. The van der Waals surface area contributed by atoms with E-state index in [2.05, 4.69) is 348 Å². The highest BCUT2D eigenvalue weighted by Crippen LogP contribution is 2.60. The van der Waals surface area contributed by atoms with Crippen LogP contribution >= 0.6 is 0 Å². The van der Waals surface area contributed by atoms with Gasteiger partial charge < -0.3 is 14.4 Å². The highest BCUT2D eigenvalue weighted by Gasteiger charge is 2.48. The summed E-state index contributed by atoms with van der Waals surface area (Å²) >= 11 is 0. The van der Waals surface area contributed by atoms with Gasteiger partial charge in [-0.2, -0.15) is 0 Å². The average molecular weight is 1060 g/mol. The van der Waals surface area contributed by atoms with Crippen LogP contribution in [-0.2, 0) is 10.8 Å². The summed E-state index contributed by atoms with van der Waals surface area (Å²) in [6.07, 6.45) is 0. The lowest BCUT2D eigenvalue weighted by Crippen LogP contribution is -2.28. The summed E-state index contributed by atoms with van der Waals surface area (Å²) in [4.78, 5) is 5.00. The Morgan fingerprint density at radius 2 is 0.651 bits per heavy atom. The molecule has 0 amide bonds. The molecular weight excluding hydrogens is 1000 g/mol. The van der Waals surface area contributed by atoms with Gasteiger partial charge in [0.25, 0.3) is 0 Å². The molecule has 0 saturated heterocycles. The summed E-state index contributed by atoms with van der Waals surface area (Å²) < 4.78 is 2.46. The maximum absolute atomic E-state index is 2.51. The molecule has 0 atom stereocenters. The minimum absolute atomic E-state index is 0.535. The number of rotatable bonds is 11.